The Kier molecular flexibility index (Phi) is 8.17. The number of ether oxygens (including phenoxy) is 1. The van der Waals surface area contributed by atoms with Gasteiger partial charge in [-0.25, -0.2) is 0 Å². The number of aryl methyl sites for hydroxylation is 1. The molecule has 0 aliphatic rings. The Morgan fingerprint density at radius 3 is 2.44 bits per heavy atom. The molecule has 0 spiro atoms. The fraction of sp³-hybridized carbons (Fsp3) is 0.174. The van der Waals surface area contributed by atoms with Crippen LogP contribution in [0, 0.1) is 6.92 Å². The number of aromatic nitrogens is 1. The second kappa shape index (κ2) is 11.1. The lowest BCUT2D eigenvalue weighted by molar-refractivity contribution is 0.0952. The summed E-state index contributed by atoms with van der Waals surface area (Å²) in [6.07, 6.45) is 0. The van der Waals surface area contributed by atoms with Gasteiger partial charge in [0, 0.05) is 29.9 Å². The summed E-state index contributed by atoms with van der Waals surface area (Å²) in [5, 5.41) is 5.74. The van der Waals surface area contributed by atoms with E-state index in [4.69, 9.17) is 39.4 Å². The van der Waals surface area contributed by atoms with E-state index in [1.807, 2.05) is 0 Å². The molecule has 3 amide bonds. The molecule has 3 aromatic rings. The van der Waals surface area contributed by atoms with Crippen molar-refractivity contribution in [1.82, 2.24) is 10.3 Å². The topological polar surface area (TPSA) is 152 Å². The zero-order valence-electron chi connectivity index (χ0n) is 18.2. The maximum Gasteiger partial charge on any atom is 0.273 e. The summed E-state index contributed by atoms with van der Waals surface area (Å²) < 4.78 is 5.88. The third-order valence-corrected chi connectivity index (χ3v) is 5.76. The number of hydrogen-bond donors (Lipinski definition) is 5. The van der Waals surface area contributed by atoms with Gasteiger partial charge in [-0.3, -0.25) is 14.4 Å². The van der Waals surface area contributed by atoms with Crippen LogP contribution in [0.4, 0.5) is 5.69 Å². The fourth-order valence-corrected chi connectivity index (χ4v) is 3.48. The first-order valence-electron chi connectivity index (χ1n) is 10.2. The molecule has 0 atom stereocenters. The third-order valence-electron chi connectivity index (χ3n) is 4.81. The molecule has 7 N–H and O–H groups in total. The lowest BCUT2D eigenvalue weighted by Crippen LogP contribution is -2.29. The highest BCUT2D eigenvalue weighted by Crippen LogP contribution is 2.31. The van der Waals surface area contributed by atoms with Crippen LogP contribution < -0.4 is 26.8 Å². The number of nitrogens with one attached hydrogen (secondary N) is 3. The largest absolute Gasteiger partial charge is 0.487 e. The second-order valence-electron chi connectivity index (χ2n) is 7.32. The van der Waals surface area contributed by atoms with Crippen molar-refractivity contribution in [2.45, 2.75) is 13.5 Å². The molecule has 9 nitrogen and oxygen atoms in total. The summed E-state index contributed by atoms with van der Waals surface area (Å²) in [6, 6.07) is 11.2. The van der Waals surface area contributed by atoms with Crippen molar-refractivity contribution in [3.8, 4) is 5.75 Å². The van der Waals surface area contributed by atoms with Gasteiger partial charge in [0.05, 0.1) is 15.7 Å². The van der Waals surface area contributed by atoms with Crippen molar-refractivity contribution in [2.24, 2.45) is 11.5 Å². The first-order chi connectivity index (χ1) is 16.2. The normalized spacial score (nSPS) is 10.6. The predicted octanol–water partition coefficient (Wildman–Crippen LogP) is 3.25. The molecule has 178 valence electrons. The van der Waals surface area contributed by atoms with E-state index in [0.717, 1.165) is 0 Å². The number of carbonyl (C=O) groups is 3. The van der Waals surface area contributed by atoms with Crippen LogP contribution >= 0.6 is 23.2 Å². The molecule has 1 heterocycles. The van der Waals surface area contributed by atoms with Gasteiger partial charge in [-0.2, -0.15) is 0 Å². The minimum atomic E-state index is -0.656. The molecule has 0 fully saturated rings. The van der Waals surface area contributed by atoms with Gasteiger partial charge in [-0.15, -0.1) is 0 Å². The minimum absolute atomic E-state index is 0.0529. The molecule has 34 heavy (non-hydrogen) atoms. The quantitative estimate of drug-likeness (QED) is 0.303. The fourth-order valence-electron chi connectivity index (χ4n) is 3.06. The van der Waals surface area contributed by atoms with Crippen molar-refractivity contribution in [1.29, 1.82) is 0 Å². The van der Waals surface area contributed by atoms with Crippen LogP contribution in [0.15, 0.2) is 42.5 Å². The van der Waals surface area contributed by atoms with Crippen molar-refractivity contribution >= 4 is 46.6 Å². The first-order valence-corrected chi connectivity index (χ1v) is 11.0. The Morgan fingerprint density at radius 1 is 1.03 bits per heavy atom. The zero-order chi connectivity index (χ0) is 24.8. The Hall–Kier alpha value is -3.53. The average molecular weight is 504 g/mol. The monoisotopic (exact) mass is 503 g/mol. The summed E-state index contributed by atoms with van der Waals surface area (Å²) in [7, 11) is 0. The molecule has 0 aliphatic carbocycles. The number of rotatable bonds is 9. The highest BCUT2D eigenvalue weighted by Gasteiger charge is 2.20. The van der Waals surface area contributed by atoms with E-state index in [1.54, 1.807) is 31.2 Å². The second-order valence-corrected chi connectivity index (χ2v) is 8.07. The number of halogens is 2. The Labute approximate surface area is 205 Å². The van der Waals surface area contributed by atoms with Crippen LogP contribution in [0.5, 0.6) is 5.75 Å². The first kappa shape index (κ1) is 25.1. The summed E-state index contributed by atoms with van der Waals surface area (Å²) in [6.45, 7) is 2.43. The van der Waals surface area contributed by atoms with Crippen LogP contribution in [0.1, 0.15) is 42.5 Å². The third kappa shape index (κ3) is 5.88. The van der Waals surface area contributed by atoms with E-state index < -0.39 is 11.8 Å². The van der Waals surface area contributed by atoms with Gasteiger partial charge in [0.1, 0.15) is 18.1 Å². The number of hydrogen-bond acceptors (Lipinski definition) is 5. The van der Waals surface area contributed by atoms with Crippen LogP contribution in [-0.4, -0.2) is 35.8 Å². The summed E-state index contributed by atoms with van der Waals surface area (Å²) >= 11 is 12.2. The van der Waals surface area contributed by atoms with E-state index in [9.17, 15) is 14.4 Å². The molecule has 0 unspecified atom stereocenters. The van der Waals surface area contributed by atoms with Gasteiger partial charge in [0.2, 0.25) is 5.91 Å². The van der Waals surface area contributed by atoms with E-state index in [1.165, 1.54) is 18.2 Å². The van der Waals surface area contributed by atoms with Crippen LogP contribution in [0.25, 0.3) is 0 Å². The highest BCUT2D eigenvalue weighted by atomic mass is 35.5. The number of carbonyl (C=O) groups excluding carboxylic acids is 3. The van der Waals surface area contributed by atoms with Gasteiger partial charge < -0.3 is 31.8 Å². The number of aromatic amines is 1. The van der Waals surface area contributed by atoms with Crippen LogP contribution in [0.2, 0.25) is 10.0 Å². The van der Waals surface area contributed by atoms with Gasteiger partial charge in [0.25, 0.3) is 11.8 Å². The van der Waals surface area contributed by atoms with E-state index >= 15 is 0 Å². The molecule has 3 rings (SSSR count). The van der Waals surface area contributed by atoms with Gasteiger partial charge in [0.15, 0.2) is 0 Å². The highest BCUT2D eigenvalue weighted by molar-refractivity contribution is 6.44. The molecule has 0 aliphatic heterocycles. The maximum atomic E-state index is 12.8. The predicted molar refractivity (Wildman–Crippen MR) is 131 cm³/mol. The molecule has 1 aromatic heterocycles. The van der Waals surface area contributed by atoms with Crippen molar-refractivity contribution in [2.75, 3.05) is 18.4 Å². The van der Waals surface area contributed by atoms with E-state index in [2.05, 4.69) is 15.6 Å². The smallest absolute Gasteiger partial charge is 0.273 e. The van der Waals surface area contributed by atoms with E-state index in [-0.39, 0.29) is 45.3 Å². The lowest BCUT2D eigenvalue weighted by Gasteiger charge is -2.14. The van der Waals surface area contributed by atoms with Crippen LogP contribution in [-0.2, 0) is 6.61 Å². The van der Waals surface area contributed by atoms with Gasteiger partial charge in [-0.05, 0) is 42.8 Å². The summed E-state index contributed by atoms with van der Waals surface area (Å²) in [4.78, 5) is 39.4. The van der Waals surface area contributed by atoms with Gasteiger partial charge in [-0.1, -0.05) is 35.3 Å². The molecule has 0 saturated heterocycles. The van der Waals surface area contributed by atoms with Crippen LogP contribution in [0.3, 0.4) is 0 Å². The number of primary amides is 1. The standard InChI is InChI=1S/C23H23Cl2N5O4/c1-12-18(24)19(25)20(29-12)23(33)30-16-6-5-14(21(27)31)10-17(16)34-11-13-3-2-4-15(9-13)22(32)28-8-7-26/h2-6,9-10,29H,7-8,11,26H2,1H3,(H2,27,31)(H,28,32)(H,30,33). The van der Waals surface area contributed by atoms with Crippen molar-refractivity contribution in [3.63, 3.8) is 0 Å². The molecular formula is C23H23Cl2N5O4. The summed E-state index contributed by atoms with van der Waals surface area (Å²) in [5.74, 6) is -1.26. The van der Waals surface area contributed by atoms with E-state index in [0.29, 0.717) is 29.9 Å². The summed E-state index contributed by atoms with van der Waals surface area (Å²) in [5.41, 5.74) is 13.1. The van der Waals surface area contributed by atoms with Gasteiger partial charge >= 0.3 is 0 Å². The van der Waals surface area contributed by atoms with Crippen molar-refractivity contribution in [3.05, 3.63) is 80.6 Å². The number of H-pyrrole nitrogens is 1. The van der Waals surface area contributed by atoms with Crippen molar-refractivity contribution < 1.29 is 19.1 Å². The Morgan fingerprint density at radius 2 is 1.79 bits per heavy atom. The molecular weight excluding hydrogens is 481 g/mol. The molecule has 2 aromatic carbocycles. The number of benzene rings is 2. The lowest BCUT2D eigenvalue weighted by atomic mass is 10.1. The molecule has 11 heteroatoms. The number of anilines is 1. The zero-order valence-corrected chi connectivity index (χ0v) is 19.7. The molecule has 0 bridgehead atoms. The molecule has 0 radical (unpaired) electrons. The maximum absolute atomic E-state index is 12.8. The molecule has 0 saturated carbocycles. The SMILES string of the molecule is Cc1[nH]c(C(=O)Nc2ccc(C(N)=O)cc2OCc2cccc(C(=O)NCCN)c2)c(Cl)c1Cl. The number of amides is 3. The Bertz CT molecular complexity index is 1240. The Balaban J connectivity index is 1.82. The number of nitrogens with two attached hydrogens (primary N) is 2. The minimum Gasteiger partial charge on any atom is -0.487 e. The average Bonchev–Trinajstić information content (AvgIpc) is 3.09.